The third kappa shape index (κ3) is 4.88. The van der Waals surface area contributed by atoms with Crippen LogP contribution in [0.4, 0.5) is 0 Å². The molecule has 3 aromatic carbocycles. The maximum Gasteiger partial charge on any atom is 0.219 e. The first-order chi connectivity index (χ1) is 15.1. The number of hydrogen-bond acceptors (Lipinski definition) is 3. The van der Waals surface area contributed by atoms with E-state index in [0.29, 0.717) is 0 Å². The summed E-state index contributed by atoms with van der Waals surface area (Å²) in [4.78, 5) is 0. The van der Waals surface area contributed by atoms with Gasteiger partial charge in [0.05, 0.1) is 21.3 Å². The van der Waals surface area contributed by atoms with Crippen molar-refractivity contribution in [3.8, 4) is 45.3 Å². The fourth-order valence-corrected chi connectivity index (χ4v) is 3.73. The van der Waals surface area contributed by atoms with E-state index in [0.717, 1.165) is 51.0 Å². The van der Waals surface area contributed by atoms with Crippen LogP contribution in [0, 0.1) is 6.92 Å². The normalized spacial score (nSPS) is 10.2. The first-order valence-electron chi connectivity index (χ1n) is 10.1. The third-order valence-electron chi connectivity index (χ3n) is 5.39. The molecule has 0 fully saturated rings. The monoisotopic (exact) mass is 539 g/mol. The van der Waals surface area contributed by atoms with E-state index in [1.54, 1.807) is 21.3 Å². The molecule has 1 heterocycles. The van der Waals surface area contributed by atoms with Gasteiger partial charge in [-0.25, -0.2) is 0 Å². The average molecular weight is 539 g/mol. The largest absolute Gasteiger partial charge is 1.00 e. The molecule has 0 atom stereocenters. The number of benzene rings is 3. The van der Waals surface area contributed by atoms with Crippen molar-refractivity contribution in [2.45, 2.75) is 6.92 Å². The summed E-state index contributed by atoms with van der Waals surface area (Å²) in [7, 11) is 5.04. The fraction of sp³-hybridized carbons (Fsp3) is 0.148. The zero-order valence-corrected chi connectivity index (χ0v) is 20.8. The predicted octanol–water partition coefficient (Wildman–Crippen LogP) is 2.64. The van der Waals surface area contributed by atoms with Crippen LogP contribution in [0.25, 0.3) is 28.1 Å². The Kier molecular flexibility index (Phi) is 7.75. The molecule has 32 heavy (non-hydrogen) atoms. The minimum Gasteiger partial charge on any atom is -1.00 e. The van der Waals surface area contributed by atoms with Gasteiger partial charge in [-0.2, -0.15) is 4.57 Å². The molecular weight excluding hydrogens is 513 g/mol. The summed E-state index contributed by atoms with van der Waals surface area (Å²) in [5.74, 6) is 2.52. The number of aryl methyl sites for hydroxylation is 1. The van der Waals surface area contributed by atoms with E-state index in [9.17, 15) is 0 Å². The summed E-state index contributed by atoms with van der Waals surface area (Å²) >= 11 is 0. The van der Waals surface area contributed by atoms with Crippen LogP contribution in [-0.2, 0) is 0 Å². The number of aromatic nitrogens is 1. The Labute approximate surface area is 206 Å². The SMILES string of the molecule is COc1ccc(-c2cc(C)[n+](-c3ccc(OC)cc3)c(-c3ccc(OC)cc3)c2)cc1.[I-]. The van der Waals surface area contributed by atoms with Crippen LogP contribution in [-0.4, -0.2) is 21.3 Å². The van der Waals surface area contributed by atoms with Crippen molar-refractivity contribution in [3.63, 3.8) is 0 Å². The molecule has 164 valence electrons. The van der Waals surface area contributed by atoms with Crippen molar-refractivity contribution in [3.05, 3.63) is 90.6 Å². The molecule has 4 nitrogen and oxygen atoms in total. The van der Waals surface area contributed by atoms with Gasteiger partial charge in [0, 0.05) is 36.8 Å². The Balaban J connectivity index is 0.00000289. The molecule has 0 aliphatic heterocycles. The van der Waals surface area contributed by atoms with Crippen LogP contribution < -0.4 is 42.8 Å². The maximum atomic E-state index is 5.35. The van der Waals surface area contributed by atoms with Crippen LogP contribution in [0.2, 0.25) is 0 Å². The molecule has 0 saturated carbocycles. The Hall–Kier alpha value is -3.06. The molecule has 0 spiro atoms. The highest BCUT2D eigenvalue weighted by molar-refractivity contribution is 5.70. The van der Waals surface area contributed by atoms with Crippen LogP contribution >= 0.6 is 0 Å². The van der Waals surface area contributed by atoms with Crippen LogP contribution in [0.5, 0.6) is 17.2 Å². The number of ether oxygens (including phenoxy) is 3. The predicted molar refractivity (Wildman–Crippen MR) is 123 cm³/mol. The first-order valence-corrected chi connectivity index (χ1v) is 10.1. The smallest absolute Gasteiger partial charge is 0.219 e. The van der Waals surface area contributed by atoms with E-state index in [1.807, 2.05) is 36.4 Å². The van der Waals surface area contributed by atoms with Crippen LogP contribution in [0.1, 0.15) is 5.69 Å². The van der Waals surface area contributed by atoms with Crippen molar-refractivity contribution < 1.29 is 42.8 Å². The van der Waals surface area contributed by atoms with Crippen molar-refractivity contribution in [1.82, 2.24) is 0 Å². The van der Waals surface area contributed by atoms with E-state index in [-0.39, 0.29) is 24.0 Å². The quantitative estimate of drug-likeness (QED) is 0.279. The fourth-order valence-electron chi connectivity index (χ4n) is 3.73. The van der Waals surface area contributed by atoms with Gasteiger partial charge in [-0.05, 0) is 59.7 Å². The van der Waals surface area contributed by atoms with E-state index < -0.39 is 0 Å². The molecule has 0 bridgehead atoms. The van der Waals surface area contributed by atoms with E-state index in [4.69, 9.17) is 14.2 Å². The van der Waals surface area contributed by atoms with Gasteiger partial charge in [-0.15, -0.1) is 0 Å². The molecule has 4 rings (SSSR count). The minimum atomic E-state index is 0. The molecule has 0 aliphatic carbocycles. The molecule has 0 amide bonds. The van der Waals surface area contributed by atoms with Gasteiger partial charge in [0.25, 0.3) is 0 Å². The Morgan fingerprint density at radius 2 is 0.969 bits per heavy atom. The molecule has 0 aliphatic rings. The van der Waals surface area contributed by atoms with Crippen molar-refractivity contribution in [2.75, 3.05) is 21.3 Å². The zero-order valence-electron chi connectivity index (χ0n) is 18.6. The molecule has 5 heteroatoms. The minimum absolute atomic E-state index is 0. The number of pyridine rings is 1. The number of rotatable bonds is 6. The van der Waals surface area contributed by atoms with E-state index in [2.05, 4.69) is 60.0 Å². The summed E-state index contributed by atoms with van der Waals surface area (Å²) in [6.45, 7) is 2.13. The summed E-state index contributed by atoms with van der Waals surface area (Å²) in [5.41, 5.74) is 6.69. The highest BCUT2D eigenvalue weighted by Crippen LogP contribution is 2.29. The number of halogens is 1. The Bertz CT molecular complexity index is 1170. The summed E-state index contributed by atoms with van der Waals surface area (Å²) in [6.07, 6.45) is 0. The molecular formula is C27H26INO3. The second-order valence-electron chi connectivity index (χ2n) is 7.26. The number of hydrogen-bond donors (Lipinski definition) is 0. The molecule has 1 aromatic heterocycles. The Morgan fingerprint density at radius 3 is 1.44 bits per heavy atom. The lowest BCUT2D eigenvalue weighted by molar-refractivity contribution is -0.591. The van der Waals surface area contributed by atoms with Gasteiger partial charge in [0.1, 0.15) is 17.2 Å². The lowest BCUT2D eigenvalue weighted by atomic mass is 10.0. The highest BCUT2D eigenvalue weighted by atomic mass is 127. The lowest BCUT2D eigenvalue weighted by Crippen LogP contribution is -3.00. The summed E-state index contributed by atoms with van der Waals surface area (Å²) < 4.78 is 18.3. The standard InChI is InChI=1S/C27H26NO3.HI/c1-19-17-22(20-5-11-24(29-2)12-6-20)18-27(21-7-13-25(30-3)14-8-21)28(19)23-9-15-26(31-4)16-10-23;/h5-18H,1-4H3;1H/q+1;/p-1. The van der Waals surface area contributed by atoms with Gasteiger partial charge in [0.2, 0.25) is 11.4 Å². The van der Waals surface area contributed by atoms with Crippen LogP contribution in [0.15, 0.2) is 84.9 Å². The topological polar surface area (TPSA) is 31.6 Å². The summed E-state index contributed by atoms with van der Waals surface area (Å²) in [6, 6.07) is 28.9. The summed E-state index contributed by atoms with van der Waals surface area (Å²) in [5, 5.41) is 0. The molecule has 0 unspecified atom stereocenters. The molecule has 4 aromatic rings. The third-order valence-corrected chi connectivity index (χ3v) is 5.39. The number of nitrogens with zero attached hydrogens (tertiary/aromatic N) is 1. The van der Waals surface area contributed by atoms with E-state index >= 15 is 0 Å². The van der Waals surface area contributed by atoms with Crippen molar-refractivity contribution in [2.24, 2.45) is 0 Å². The van der Waals surface area contributed by atoms with Crippen molar-refractivity contribution >= 4 is 0 Å². The van der Waals surface area contributed by atoms with Gasteiger partial charge in [-0.3, -0.25) is 0 Å². The van der Waals surface area contributed by atoms with Crippen LogP contribution in [0.3, 0.4) is 0 Å². The molecule has 0 radical (unpaired) electrons. The highest BCUT2D eigenvalue weighted by Gasteiger charge is 2.21. The lowest BCUT2D eigenvalue weighted by Gasteiger charge is -2.11. The number of methoxy groups -OCH3 is 3. The van der Waals surface area contributed by atoms with Gasteiger partial charge >= 0.3 is 0 Å². The molecule has 0 N–H and O–H groups in total. The van der Waals surface area contributed by atoms with Gasteiger partial charge in [-0.1, -0.05) is 12.1 Å². The zero-order chi connectivity index (χ0) is 21.8. The van der Waals surface area contributed by atoms with Gasteiger partial charge < -0.3 is 38.2 Å². The Morgan fingerprint density at radius 1 is 0.531 bits per heavy atom. The van der Waals surface area contributed by atoms with E-state index in [1.165, 1.54) is 0 Å². The first kappa shape index (κ1) is 23.6. The second kappa shape index (κ2) is 10.5. The molecule has 0 saturated heterocycles. The van der Waals surface area contributed by atoms with Crippen molar-refractivity contribution in [1.29, 1.82) is 0 Å². The average Bonchev–Trinajstić information content (AvgIpc) is 2.84. The maximum absolute atomic E-state index is 5.35. The van der Waals surface area contributed by atoms with Gasteiger partial charge in [0.15, 0.2) is 5.69 Å². The second-order valence-corrected chi connectivity index (χ2v) is 7.26.